The molecule has 0 unspecified atom stereocenters. The summed E-state index contributed by atoms with van der Waals surface area (Å²) in [6.45, 7) is 0. The van der Waals surface area contributed by atoms with Crippen LogP contribution in [0.5, 0.6) is 0 Å². The van der Waals surface area contributed by atoms with Crippen molar-refractivity contribution in [3.05, 3.63) is 29.0 Å². The van der Waals surface area contributed by atoms with E-state index >= 15 is 0 Å². The topological polar surface area (TPSA) is 85.1 Å². The van der Waals surface area contributed by atoms with Crippen molar-refractivity contribution in [1.82, 2.24) is 10.3 Å². The summed E-state index contributed by atoms with van der Waals surface area (Å²) in [5, 5.41) is 3.16. The molecular formula is C15H20ClN3O2. The molecule has 1 aromatic heterocycles. The molecule has 0 saturated heterocycles. The number of carbonyl (C=O) groups excluding carboxylic acids is 2. The molecule has 1 saturated carbocycles. The van der Waals surface area contributed by atoms with Gasteiger partial charge in [0.2, 0.25) is 11.8 Å². The van der Waals surface area contributed by atoms with E-state index in [2.05, 4.69) is 10.3 Å². The van der Waals surface area contributed by atoms with Gasteiger partial charge in [0, 0.05) is 18.5 Å². The van der Waals surface area contributed by atoms with Crippen molar-refractivity contribution in [2.24, 2.45) is 11.7 Å². The van der Waals surface area contributed by atoms with Gasteiger partial charge in [0.15, 0.2) is 0 Å². The molecule has 2 rings (SSSR count). The van der Waals surface area contributed by atoms with Gasteiger partial charge in [-0.2, -0.15) is 0 Å². The second-order valence-corrected chi connectivity index (χ2v) is 5.88. The first-order chi connectivity index (χ1) is 10.1. The summed E-state index contributed by atoms with van der Waals surface area (Å²) in [6, 6.07) is 2.72. The largest absolute Gasteiger partial charge is 0.368 e. The Labute approximate surface area is 129 Å². The van der Waals surface area contributed by atoms with Crippen LogP contribution in [-0.4, -0.2) is 22.8 Å². The molecule has 0 bridgehead atoms. The summed E-state index contributed by atoms with van der Waals surface area (Å²) < 4.78 is 0. The van der Waals surface area contributed by atoms with Crippen molar-refractivity contribution < 1.29 is 9.59 Å². The number of aromatic nitrogens is 1. The minimum Gasteiger partial charge on any atom is -0.368 e. The molecule has 3 N–H and O–H groups in total. The van der Waals surface area contributed by atoms with Gasteiger partial charge in [0.05, 0.1) is 0 Å². The molecule has 1 aliphatic rings. The Hall–Kier alpha value is -1.62. The lowest BCUT2D eigenvalue weighted by Gasteiger charge is -2.23. The number of hydrogen-bond acceptors (Lipinski definition) is 3. The standard InChI is InChI=1S/C15H20ClN3O2/c16-13-7-6-10(9-18-13)8-12(14(17)20)19-15(21)11-4-2-1-3-5-11/h6-7,9,11-12H,1-5,8H2,(H2,17,20)(H,19,21)/t12-/m1/s1. The SMILES string of the molecule is NC(=O)[C@@H](Cc1ccc(Cl)nc1)NC(=O)C1CCCCC1. The van der Waals surface area contributed by atoms with Crippen LogP contribution >= 0.6 is 11.6 Å². The zero-order valence-electron chi connectivity index (χ0n) is 11.8. The Bertz CT molecular complexity index is 498. The summed E-state index contributed by atoms with van der Waals surface area (Å²) in [5.74, 6) is -0.599. The lowest BCUT2D eigenvalue weighted by molar-refractivity contribution is -0.130. The summed E-state index contributed by atoms with van der Waals surface area (Å²) in [4.78, 5) is 27.7. The molecule has 0 aromatic carbocycles. The van der Waals surface area contributed by atoms with E-state index in [0.29, 0.717) is 11.6 Å². The van der Waals surface area contributed by atoms with E-state index in [0.717, 1.165) is 31.2 Å². The number of amides is 2. The Morgan fingerprint density at radius 2 is 2.05 bits per heavy atom. The van der Waals surface area contributed by atoms with Crippen molar-refractivity contribution in [2.45, 2.75) is 44.6 Å². The smallest absolute Gasteiger partial charge is 0.240 e. The molecule has 6 heteroatoms. The van der Waals surface area contributed by atoms with Gasteiger partial charge in [-0.25, -0.2) is 4.98 Å². The number of pyridine rings is 1. The number of primary amides is 1. The molecule has 114 valence electrons. The zero-order chi connectivity index (χ0) is 15.2. The number of carbonyl (C=O) groups is 2. The zero-order valence-corrected chi connectivity index (χ0v) is 12.6. The maximum atomic E-state index is 12.2. The van der Waals surface area contributed by atoms with Crippen molar-refractivity contribution in [2.75, 3.05) is 0 Å². The normalized spacial score (nSPS) is 17.2. The van der Waals surface area contributed by atoms with E-state index in [1.165, 1.54) is 6.42 Å². The number of hydrogen-bond donors (Lipinski definition) is 2. The van der Waals surface area contributed by atoms with Gasteiger partial charge >= 0.3 is 0 Å². The third-order valence-electron chi connectivity index (χ3n) is 3.86. The molecule has 2 amide bonds. The number of nitrogens with two attached hydrogens (primary N) is 1. The van der Waals surface area contributed by atoms with Gasteiger partial charge in [0.1, 0.15) is 11.2 Å². The van der Waals surface area contributed by atoms with Crippen molar-refractivity contribution in [3.63, 3.8) is 0 Å². The molecule has 1 fully saturated rings. The number of nitrogens with one attached hydrogen (secondary N) is 1. The highest BCUT2D eigenvalue weighted by atomic mass is 35.5. The monoisotopic (exact) mass is 309 g/mol. The molecule has 1 atom stereocenters. The van der Waals surface area contributed by atoms with Crippen LogP contribution in [0, 0.1) is 5.92 Å². The van der Waals surface area contributed by atoms with Gasteiger partial charge in [-0.3, -0.25) is 9.59 Å². The lowest BCUT2D eigenvalue weighted by Crippen LogP contribution is -2.48. The van der Waals surface area contributed by atoms with Gasteiger partial charge in [-0.1, -0.05) is 36.9 Å². The molecule has 1 aliphatic carbocycles. The summed E-state index contributed by atoms with van der Waals surface area (Å²) in [6.07, 6.45) is 7.02. The highest BCUT2D eigenvalue weighted by Crippen LogP contribution is 2.23. The Morgan fingerprint density at radius 1 is 1.33 bits per heavy atom. The van der Waals surface area contributed by atoms with Crippen LogP contribution < -0.4 is 11.1 Å². The van der Waals surface area contributed by atoms with Crippen molar-refractivity contribution >= 4 is 23.4 Å². The van der Waals surface area contributed by atoms with Crippen LogP contribution in [0.15, 0.2) is 18.3 Å². The van der Waals surface area contributed by atoms with E-state index in [1.54, 1.807) is 18.3 Å². The first kappa shape index (κ1) is 15.8. The van der Waals surface area contributed by atoms with Crippen LogP contribution in [0.1, 0.15) is 37.7 Å². The van der Waals surface area contributed by atoms with E-state index in [-0.39, 0.29) is 11.8 Å². The van der Waals surface area contributed by atoms with Crippen LogP contribution in [0.25, 0.3) is 0 Å². The van der Waals surface area contributed by atoms with Crippen LogP contribution in [0.3, 0.4) is 0 Å². The van der Waals surface area contributed by atoms with E-state index in [4.69, 9.17) is 17.3 Å². The summed E-state index contributed by atoms with van der Waals surface area (Å²) >= 11 is 5.72. The van der Waals surface area contributed by atoms with E-state index in [9.17, 15) is 9.59 Å². The summed E-state index contributed by atoms with van der Waals surface area (Å²) in [7, 11) is 0. The third-order valence-corrected chi connectivity index (χ3v) is 4.09. The van der Waals surface area contributed by atoms with Crippen LogP contribution in [-0.2, 0) is 16.0 Å². The predicted octanol–water partition coefficient (Wildman–Crippen LogP) is 1.83. The molecular weight excluding hydrogens is 290 g/mol. The minimum atomic E-state index is -0.706. The first-order valence-electron chi connectivity index (χ1n) is 7.26. The fourth-order valence-electron chi connectivity index (χ4n) is 2.64. The van der Waals surface area contributed by atoms with Crippen LogP contribution in [0.2, 0.25) is 5.15 Å². The Kier molecular flexibility index (Phi) is 5.56. The van der Waals surface area contributed by atoms with Crippen molar-refractivity contribution in [3.8, 4) is 0 Å². The van der Waals surface area contributed by atoms with Gasteiger partial charge in [-0.05, 0) is 24.5 Å². The molecule has 5 nitrogen and oxygen atoms in total. The molecule has 21 heavy (non-hydrogen) atoms. The Balaban J connectivity index is 1.96. The highest BCUT2D eigenvalue weighted by molar-refractivity contribution is 6.29. The van der Waals surface area contributed by atoms with E-state index in [1.807, 2.05) is 0 Å². The highest BCUT2D eigenvalue weighted by Gasteiger charge is 2.25. The second kappa shape index (κ2) is 7.41. The third kappa shape index (κ3) is 4.70. The van der Waals surface area contributed by atoms with Gasteiger partial charge < -0.3 is 11.1 Å². The maximum absolute atomic E-state index is 12.2. The maximum Gasteiger partial charge on any atom is 0.240 e. The van der Waals surface area contributed by atoms with Crippen molar-refractivity contribution in [1.29, 1.82) is 0 Å². The average Bonchev–Trinajstić information content (AvgIpc) is 2.49. The molecule has 0 radical (unpaired) electrons. The summed E-state index contributed by atoms with van der Waals surface area (Å²) in [5.41, 5.74) is 6.20. The van der Waals surface area contributed by atoms with Gasteiger partial charge in [0.25, 0.3) is 0 Å². The fraction of sp³-hybridized carbons (Fsp3) is 0.533. The number of rotatable bonds is 5. The predicted molar refractivity (Wildman–Crippen MR) is 80.7 cm³/mol. The minimum absolute atomic E-state index is 0.00365. The first-order valence-corrected chi connectivity index (χ1v) is 7.64. The molecule has 1 aromatic rings. The molecule has 0 spiro atoms. The lowest BCUT2D eigenvalue weighted by atomic mass is 9.88. The Morgan fingerprint density at radius 3 is 2.62 bits per heavy atom. The quantitative estimate of drug-likeness (QED) is 0.814. The number of nitrogens with zero attached hydrogens (tertiary/aromatic N) is 1. The van der Waals surface area contributed by atoms with Gasteiger partial charge in [-0.15, -0.1) is 0 Å². The fourth-order valence-corrected chi connectivity index (χ4v) is 2.75. The second-order valence-electron chi connectivity index (χ2n) is 5.49. The molecule has 1 heterocycles. The molecule has 0 aliphatic heterocycles. The average molecular weight is 310 g/mol. The number of halogens is 1. The van der Waals surface area contributed by atoms with E-state index < -0.39 is 11.9 Å². The van der Waals surface area contributed by atoms with Crippen LogP contribution in [0.4, 0.5) is 0 Å².